The van der Waals surface area contributed by atoms with Crippen molar-refractivity contribution in [2.45, 2.75) is 18.7 Å². The second kappa shape index (κ2) is 3.49. The number of aliphatic hydroxyl groups is 1. The van der Waals surface area contributed by atoms with E-state index in [9.17, 15) is 18.3 Å². The highest BCUT2D eigenvalue weighted by Gasteiger charge is 2.53. The predicted octanol–water partition coefficient (Wildman–Crippen LogP) is 2.00. The Morgan fingerprint density at radius 3 is 2.46 bits per heavy atom. The number of rotatable bonds is 1. The van der Waals surface area contributed by atoms with Gasteiger partial charge in [-0.2, -0.15) is 13.2 Å². The Kier molecular flexibility index (Phi) is 2.91. The van der Waals surface area contributed by atoms with Crippen LogP contribution in [-0.4, -0.2) is 26.6 Å². The summed E-state index contributed by atoms with van der Waals surface area (Å²) in [7, 11) is 0. The molecular formula is C7H7F3INO. The molecule has 1 unspecified atom stereocenters. The quantitative estimate of drug-likeness (QED) is 0.739. The molecule has 1 N–H and O–H groups in total. The standard InChI is InChI=1S/C7H7F3INO/c1-6(13,7(8,9)10)5-3-2-4-11-12-5/h2-4,13H,1H3. The normalized spacial score (nSPS) is 21.8. The van der Waals surface area contributed by atoms with E-state index < -0.39 is 32.8 Å². The highest BCUT2D eigenvalue weighted by molar-refractivity contribution is 14.2. The van der Waals surface area contributed by atoms with E-state index in [1.807, 2.05) is 0 Å². The van der Waals surface area contributed by atoms with Crippen molar-refractivity contribution in [2.75, 3.05) is 0 Å². The molecule has 0 radical (unpaired) electrons. The Morgan fingerprint density at radius 2 is 2.08 bits per heavy atom. The van der Waals surface area contributed by atoms with Gasteiger partial charge in [0.1, 0.15) is 0 Å². The minimum Gasteiger partial charge on any atom is -0.375 e. The third kappa shape index (κ3) is 2.16. The molecule has 0 saturated carbocycles. The van der Waals surface area contributed by atoms with Gasteiger partial charge in [-0.25, -0.2) is 3.21 Å². The maximum absolute atomic E-state index is 12.3. The average molecular weight is 305 g/mol. The molecule has 0 fully saturated rings. The highest BCUT2D eigenvalue weighted by atomic mass is 127. The lowest BCUT2D eigenvalue weighted by atomic mass is 9.99. The first-order valence-corrected chi connectivity index (χ1v) is 5.57. The zero-order valence-corrected chi connectivity index (χ0v) is 8.80. The van der Waals surface area contributed by atoms with Gasteiger partial charge in [0.15, 0.2) is 5.60 Å². The fourth-order valence-electron chi connectivity index (χ4n) is 0.659. The number of alkyl halides is 3. The van der Waals surface area contributed by atoms with Gasteiger partial charge in [-0.15, -0.1) is 0 Å². The Labute approximate surface area is 83.3 Å². The molecule has 0 aliphatic carbocycles. The van der Waals surface area contributed by atoms with Crippen LogP contribution < -0.4 is 0 Å². The van der Waals surface area contributed by atoms with Crippen LogP contribution >= 0.6 is 21.0 Å². The summed E-state index contributed by atoms with van der Waals surface area (Å²) in [5.41, 5.74) is -3.12. The van der Waals surface area contributed by atoms with Gasteiger partial charge in [0.05, 0.1) is 5.71 Å². The van der Waals surface area contributed by atoms with Gasteiger partial charge in [-0.1, -0.05) is 6.08 Å². The van der Waals surface area contributed by atoms with E-state index >= 15 is 0 Å². The molecule has 0 amide bonds. The van der Waals surface area contributed by atoms with Gasteiger partial charge in [-0.3, -0.25) is 0 Å². The van der Waals surface area contributed by atoms with Crippen molar-refractivity contribution in [3.8, 4) is 0 Å². The van der Waals surface area contributed by atoms with E-state index in [0.29, 0.717) is 6.92 Å². The Morgan fingerprint density at radius 1 is 1.46 bits per heavy atom. The third-order valence-corrected chi connectivity index (χ3v) is 3.11. The summed E-state index contributed by atoms with van der Waals surface area (Å²) in [4.78, 5) is 0. The molecule has 0 aromatic heterocycles. The van der Waals surface area contributed by atoms with Gasteiger partial charge < -0.3 is 5.11 Å². The summed E-state index contributed by atoms with van der Waals surface area (Å²) in [5.74, 6) is 0. The zero-order valence-electron chi connectivity index (χ0n) is 6.64. The minimum absolute atomic E-state index is 0.296. The molecule has 1 aliphatic heterocycles. The molecular weight excluding hydrogens is 298 g/mol. The molecule has 0 aromatic carbocycles. The summed E-state index contributed by atoms with van der Waals surface area (Å²) < 4.78 is 42.2. The summed E-state index contributed by atoms with van der Waals surface area (Å²) in [6.45, 7) is 0.714. The lowest BCUT2D eigenvalue weighted by molar-refractivity contribution is -0.223. The van der Waals surface area contributed by atoms with Crippen LogP contribution in [0, 0.1) is 0 Å². The van der Waals surface area contributed by atoms with Crippen LogP contribution in [-0.2, 0) is 0 Å². The summed E-state index contributed by atoms with van der Waals surface area (Å²) in [6, 6.07) is 0. The molecule has 74 valence electrons. The van der Waals surface area contributed by atoms with Crippen LogP contribution in [0.2, 0.25) is 0 Å². The van der Waals surface area contributed by atoms with Crippen LogP contribution in [0.4, 0.5) is 13.2 Å². The molecule has 1 aliphatic rings. The highest BCUT2D eigenvalue weighted by Crippen LogP contribution is 2.32. The number of nitrogens with zero attached hydrogens (tertiary/aromatic N) is 1. The van der Waals surface area contributed by atoms with E-state index in [0.717, 1.165) is 0 Å². The average Bonchev–Trinajstić information content (AvgIpc) is 2.04. The molecule has 0 bridgehead atoms. The van der Waals surface area contributed by atoms with Crippen LogP contribution in [0.5, 0.6) is 0 Å². The van der Waals surface area contributed by atoms with Crippen molar-refractivity contribution in [3.05, 3.63) is 12.2 Å². The van der Waals surface area contributed by atoms with E-state index in [4.69, 9.17) is 0 Å². The molecule has 1 rings (SSSR count). The summed E-state index contributed by atoms with van der Waals surface area (Å²) in [5, 5.41) is 9.17. The number of hydrogen-bond donors (Lipinski definition) is 1. The fraction of sp³-hybridized carbons (Fsp3) is 0.429. The van der Waals surface area contributed by atoms with Crippen LogP contribution in [0.1, 0.15) is 6.92 Å². The van der Waals surface area contributed by atoms with Crippen LogP contribution in [0.15, 0.2) is 15.4 Å². The summed E-state index contributed by atoms with van der Waals surface area (Å²) in [6.07, 6.45) is -1.98. The summed E-state index contributed by atoms with van der Waals surface area (Å²) >= 11 is -0.724. The van der Waals surface area contributed by atoms with E-state index in [2.05, 4.69) is 3.21 Å². The van der Waals surface area contributed by atoms with Gasteiger partial charge >= 0.3 is 6.18 Å². The second-order valence-corrected chi connectivity index (χ2v) is 4.38. The van der Waals surface area contributed by atoms with Crippen LogP contribution in [0.25, 0.3) is 0 Å². The first-order chi connectivity index (χ1) is 5.86. The van der Waals surface area contributed by atoms with Gasteiger partial charge in [-0.05, 0) is 17.0 Å². The van der Waals surface area contributed by atoms with Crippen molar-refractivity contribution >= 4 is 30.7 Å². The molecule has 0 spiro atoms. The first-order valence-electron chi connectivity index (χ1n) is 3.36. The number of allylic oxidation sites excluding steroid dienone is 1. The largest absolute Gasteiger partial charge is 0.422 e. The molecule has 1 atom stereocenters. The van der Waals surface area contributed by atoms with Gasteiger partial charge in [0, 0.05) is 21.0 Å². The minimum atomic E-state index is -4.67. The molecule has 1 heterocycles. The molecule has 2 nitrogen and oxygen atoms in total. The SMILES string of the molecule is CC(O)(C1=NI=CC=C1)C(F)(F)F. The van der Waals surface area contributed by atoms with Gasteiger partial charge in [0.2, 0.25) is 0 Å². The van der Waals surface area contributed by atoms with Gasteiger partial charge in [0.25, 0.3) is 0 Å². The molecule has 0 saturated heterocycles. The Balaban J connectivity index is 3.00. The molecule has 6 heteroatoms. The molecule has 13 heavy (non-hydrogen) atoms. The lowest BCUT2D eigenvalue weighted by Gasteiger charge is -2.26. The predicted molar refractivity (Wildman–Crippen MR) is 53.3 cm³/mol. The van der Waals surface area contributed by atoms with Crippen LogP contribution in [0.3, 0.4) is 0 Å². The number of halogens is 4. The second-order valence-electron chi connectivity index (χ2n) is 2.62. The monoisotopic (exact) mass is 305 g/mol. The maximum atomic E-state index is 12.3. The lowest BCUT2D eigenvalue weighted by Crippen LogP contribution is -2.48. The maximum Gasteiger partial charge on any atom is 0.422 e. The van der Waals surface area contributed by atoms with Crippen molar-refractivity contribution in [2.24, 2.45) is 3.21 Å². The van der Waals surface area contributed by atoms with E-state index in [1.54, 1.807) is 4.01 Å². The Hall–Kier alpha value is -0.240. The first kappa shape index (κ1) is 10.8. The molecule has 0 aromatic rings. The Bertz CT molecular complexity index is 291. The third-order valence-electron chi connectivity index (χ3n) is 1.57. The topological polar surface area (TPSA) is 32.6 Å². The van der Waals surface area contributed by atoms with Crippen molar-refractivity contribution in [1.82, 2.24) is 0 Å². The van der Waals surface area contributed by atoms with E-state index in [1.165, 1.54) is 12.2 Å². The van der Waals surface area contributed by atoms with Crippen molar-refractivity contribution in [1.29, 1.82) is 0 Å². The smallest absolute Gasteiger partial charge is 0.375 e. The van der Waals surface area contributed by atoms with Crippen molar-refractivity contribution < 1.29 is 18.3 Å². The fourth-order valence-corrected chi connectivity index (χ4v) is 2.14. The van der Waals surface area contributed by atoms with Crippen molar-refractivity contribution in [3.63, 3.8) is 0 Å². The zero-order chi connectivity index (χ0) is 10.1. The number of hydrogen-bond acceptors (Lipinski definition) is 2. The van der Waals surface area contributed by atoms with E-state index in [-0.39, 0.29) is 5.71 Å².